The highest BCUT2D eigenvalue weighted by Crippen LogP contribution is 2.37. The number of methoxy groups -OCH3 is 2. The van der Waals surface area contributed by atoms with Crippen molar-refractivity contribution < 1.29 is 13.9 Å². The van der Waals surface area contributed by atoms with E-state index in [9.17, 15) is 4.39 Å². The van der Waals surface area contributed by atoms with E-state index >= 15 is 0 Å². The molecule has 0 bridgehead atoms. The molecule has 0 heterocycles. The zero-order chi connectivity index (χ0) is 12.3. The van der Waals surface area contributed by atoms with Gasteiger partial charge in [0.15, 0.2) is 17.3 Å². The van der Waals surface area contributed by atoms with Crippen LogP contribution in [0.4, 0.5) is 4.39 Å². The molecule has 0 atom stereocenters. The minimum atomic E-state index is -0.297. The van der Waals surface area contributed by atoms with E-state index in [4.69, 9.17) is 9.47 Å². The summed E-state index contributed by atoms with van der Waals surface area (Å²) < 4.78 is 24.4. The Hall–Kier alpha value is -1.25. The molecule has 0 saturated heterocycles. The van der Waals surface area contributed by atoms with Crippen LogP contribution in [0, 0.1) is 5.82 Å². The predicted octanol–water partition coefficient (Wildman–Crippen LogP) is 3.53. The van der Waals surface area contributed by atoms with Crippen LogP contribution in [0.1, 0.15) is 37.8 Å². The van der Waals surface area contributed by atoms with Gasteiger partial charge in [-0.05, 0) is 29.5 Å². The number of hydrogen-bond donors (Lipinski definition) is 0. The van der Waals surface area contributed by atoms with Crippen LogP contribution in [-0.4, -0.2) is 14.2 Å². The second-order valence-corrected chi connectivity index (χ2v) is 4.01. The zero-order valence-electron chi connectivity index (χ0n) is 10.6. The normalized spacial score (nSPS) is 10.7. The SMILES string of the molecule is CCc1cc(OC)c(OC)c(F)c1C(C)C. The topological polar surface area (TPSA) is 18.5 Å². The highest BCUT2D eigenvalue weighted by molar-refractivity contribution is 5.50. The van der Waals surface area contributed by atoms with E-state index in [0.29, 0.717) is 5.75 Å². The maximum atomic E-state index is 14.2. The molecule has 0 radical (unpaired) electrons. The highest BCUT2D eigenvalue weighted by Gasteiger charge is 2.20. The van der Waals surface area contributed by atoms with Crippen LogP contribution >= 0.6 is 0 Å². The van der Waals surface area contributed by atoms with Gasteiger partial charge in [0.05, 0.1) is 14.2 Å². The number of aryl methyl sites for hydroxylation is 1. The van der Waals surface area contributed by atoms with E-state index < -0.39 is 0 Å². The first-order valence-corrected chi connectivity index (χ1v) is 5.50. The van der Waals surface area contributed by atoms with Crippen LogP contribution in [0.15, 0.2) is 6.07 Å². The lowest BCUT2D eigenvalue weighted by atomic mass is 9.94. The third-order valence-corrected chi connectivity index (χ3v) is 2.69. The molecule has 90 valence electrons. The number of hydrogen-bond acceptors (Lipinski definition) is 2. The number of rotatable bonds is 4. The van der Waals surface area contributed by atoms with Crippen molar-refractivity contribution in [3.05, 3.63) is 23.0 Å². The Morgan fingerprint density at radius 2 is 1.88 bits per heavy atom. The Morgan fingerprint density at radius 3 is 2.25 bits per heavy atom. The Labute approximate surface area is 96.4 Å². The van der Waals surface area contributed by atoms with Crippen molar-refractivity contribution in [3.8, 4) is 11.5 Å². The van der Waals surface area contributed by atoms with Gasteiger partial charge in [0.2, 0.25) is 0 Å². The van der Waals surface area contributed by atoms with Crippen molar-refractivity contribution in [3.63, 3.8) is 0 Å². The summed E-state index contributed by atoms with van der Waals surface area (Å²) in [6.07, 6.45) is 0.783. The van der Waals surface area contributed by atoms with Gasteiger partial charge in [0.25, 0.3) is 0 Å². The summed E-state index contributed by atoms with van der Waals surface area (Å²) >= 11 is 0. The van der Waals surface area contributed by atoms with E-state index in [2.05, 4.69) is 0 Å². The molecule has 0 aliphatic rings. The fourth-order valence-electron chi connectivity index (χ4n) is 1.93. The summed E-state index contributed by atoms with van der Waals surface area (Å²) in [7, 11) is 2.97. The smallest absolute Gasteiger partial charge is 0.197 e. The van der Waals surface area contributed by atoms with Crippen LogP contribution in [0.3, 0.4) is 0 Å². The molecule has 1 aromatic carbocycles. The molecule has 0 saturated carbocycles. The quantitative estimate of drug-likeness (QED) is 0.782. The van der Waals surface area contributed by atoms with Gasteiger partial charge in [0, 0.05) is 0 Å². The molecule has 2 nitrogen and oxygen atoms in total. The number of benzene rings is 1. The summed E-state index contributed by atoms with van der Waals surface area (Å²) in [5.74, 6) is 0.494. The zero-order valence-corrected chi connectivity index (χ0v) is 10.6. The van der Waals surface area contributed by atoms with Gasteiger partial charge in [-0.25, -0.2) is 4.39 Å². The fraction of sp³-hybridized carbons (Fsp3) is 0.538. The molecular formula is C13H19FO2. The van der Waals surface area contributed by atoms with Crippen LogP contribution in [0.25, 0.3) is 0 Å². The molecule has 0 unspecified atom stereocenters. The van der Waals surface area contributed by atoms with Gasteiger partial charge < -0.3 is 9.47 Å². The predicted molar refractivity (Wildman–Crippen MR) is 63.0 cm³/mol. The first kappa shape index (κ1) is 12.8. The minimum Gasteiger partial charge on any atom is -0.493 e. The van der Waals surface area contributed by atoms with Crippen molar-refractivity contribution >= 4 is 0 Å². The summed E-state index contributed by atoms with van der Waals surface area (Å²) in [6, 6.07) is 1.86. The largest absolute Gasteiger partial charge is 0.493 e. The number of ether oxygens (including phenoxy) is 2. The van der Waals surface area contributed by atoms with Gasteiger partial charge in [0.1, 0.15) is 0 Å². The monoisotopic (exact) mass is 226 g/mol. The molecule has 3 heteroatoms. The fourth-order valence-corrected chi connectivity index (χ4v) is 1.93. The second kappa shape index (κ2) is 5.19. The molecule has 0 aromatic heterocycles. The molecule has 0 fully saturated rings. The Balaban J connectivity index is 3.48. The van der Waals surface area contributed by atoms with Crippen LogP contribution in [-0.2, 0) is 6.42 Å². The highest BCUT2D eigenvalue weighted by atomic mass is 19.1. The van der Waals surface area contributed by atoms with Gasteiger partial charge in [-0.15, -0.1) is 0 Å². The third-order valence-electron chi connectivity index (χ3n) is 2.69. The third kappa shape index (κ3) is 2.13. The summed E-state index contributed by atoms with van der Waals surface area (Å²) in [5.41, 5.74) is 1.70. The molecule has 0 amide bonds. The maximum Gasteiger partial charge on any atom is 0.197 e. The van der Waals surface area contributed by atoms with Crippen molar-refractivity contribution in [1.82, 2.24) is 0 Å². The summed E-state index contributed by atoms with van der Waals surface area (Å²) in [6.45, 7) is 5.96. The molecule has 0 aliphatic heterocycles. The summed E-state index contributed by atoms with van der Waals surface area (Å²) in [5, 5.41) is 0. The van der Waals surface area contributed by atoms with E-state index in [-0.39, 0.29) is 17.5 Å². The average molecular weight is 226 g/mol. The van der Waals surface area contributed by atoms with Gasteiger partial charge in [-0.3, -0.25) is 0 Å². The summed E-state index contributed by atoms with van der Waals surface area (Å²) in [4.78, 5) is 0. The van der Waals surface area contributed by atoms with Crippen LogP contribution in [0.2, 0.25) is 0 Å². The van der Waals surface area contributed by atoms with E-state index in [1.165, 1.54) is 14.2 Å². The standard InChI is InChI=1S/C13H19FO2/c1-6-9-7-10(15-4)13(16-5)12(14)11(9)8(2)3/h7-8H,6H2,1-5H3. The van der Waals surface area contributed by atoms with E-state index in [1.54, 1.807) is 0 Å². The number of halogens is 1. The average Bonchev–Trinajstić information content (AvgIpc) is 2.26. The van der Waals surface area contributed by atoms with Crippen LogP contribution < -0.4 is 9.47 Å². The van der Waals surface area contributed by atoms with E-state index in [0.717, 1.165) is 17.5 Å². The molecule has 1 rings (SSSR count). The van der Waals surface area contributed by atoms with Gasteiger partial charge >= 0.3 is 0 Å². The Morgan fingerprint density at radius 1 is 1.25 bits per heavy atom. The van der Waals surface area contributed by atoms with Crippen molar-refractivity contribution in [2.45, 2.75) is 33.1 Å². The van der Waals surface area contributed by atoms with Crippen molar-refractivity contribution in [2.24, 2.45) is 0 Å². The first-order chi connectivity index (χ1) is 7.56. The van der Waals surface area contributed by atoms with Crippen molar-refractivity contribution in [2.75, 3.05) is 14.2 Å². The maximum absolute atomic E-state index is 14.2. The lowest BCUT2D eigenvalue weighted by Gasteiger charge is -2.17. The molecule has 0 spiro atoms. The lowest BCUT2D eigenvalue weighted by molar-refractivity contribution is 0.334. The first-order valence-electron chi connectivity index (χ1n) is 5.50. The van der Waals surface area contributed by atoms with E-state index in [1.807, 2.05) is 26.8 Å². The molecule has 0 aliphatic carbocycles. The second-order valence-electron chi connectivity index (χ2n) is 4.01. The van der Waals surface area contributed by atoms with Gasteiger partial charge in [-0.1, -0.05) is 20.8 Å². The van der Waals surface area contributed by atoms with Gasteiger partial charge in [-0.2, -0.15) is 0 Å². The van der Waals surface area contributed by atoms with Crippen LogP contribution in [0.5, 0.6) is 11.5 Å². The molecule has 0 N–H and O–H groups in total. The Kier molecular flexibility index (Phi) is 4.16. The molecular weight excluding hydrogens is 207 g/mol. The lowest BCUT2D eigenvalue weighted by Crippen LogP contribution is -2.04. The molecule has 1 aromatic rings. The minimum absolute atomic E-state index is 0.134. The Bertz CT molecular complexity index is 373. The van der Waals surface area contributed by atoms with Crippen molar-refractivity contribution in [1.29, 1.82) is 0 Å². The molecule has 16 heavy (non-hydrogen) atoms.